The first-order valence-corrected chi connectivity index (χ1v) is 11.4. The van der Waals surface area contributed by atoms with Gasteiger partial charge in [0.25, 0.3) is 0 Å². The zero-order chi connectivity index (χ0) is 22.6. The van der Waals surface area contributed by atoms with Gasteiger partial charge >= 0.3 is 0 Å². The average molecular weight is 447 g/mol. The Labute approximate surface area is 184 Å². The fraction of sp³-hybridized carbons (Fsp3) is 0.0833. The van der Waals surface area contributed by atoms with Crippen molar-refractivity contribution < 1.29 is 12.8 Å². The molecule has 8 heteroatoms. The molecule has 5 aromatic rings. The van der Waals surface area contributed by atoms with Crippen LogP contribution in [0.4, 0.5) is 10.2 Å². The second-order valence-electron chi connectivity index (χ2n) is 7.66. The number of rotatable bonds is 3. The average Bonchev–Trinajstić information content (AvgIpc) is 3.06. The highest BCUT2D eigenvalue weighted by molar-refractivity contribution is 7.92. The molecule has 5 rings (SSSR count). The van der Waals surface area contributed by atoms with Crippen molar-refractivity contribution in [2.24, 2.45) is 0 Å². The summed E-state index contributed by atoms with van der Waals surface area (Å²) < 4.78 is 42.5. The van der Waals surface area contributed by atoms with Gasteiger partial charge in [0, 0.05) is 5.69 Å². The van der Waals surface area contributed by atoms with Gasteiger partial charge in [-0.15, -0.1) is 0 Å². The number of nitrogen functional groups attached to an aromatic ring is 1. The number of nitrogens with two attached hydrogens (primary N) is 1. The first kappa shape index (κ1) is 20.1. The number of sulfone groups is 1. The SMILES string of the molecule is Cc1ccc(S(=O)(=O)c2c(N)n(-c3ccc(F)cc3)c3nc4ccccc4nc23)cc1C. The van der Waals surface area contributed by atoms with Gasteiger partial charge < -0.3 is 5.73 Å². The third kappa shape index (κ3) is 3.03. The summed E-state index contributed by atoms with van der Waals surface area (Å²) in [6, 6.07) is 17.7. The van der Waals surface area contributed by atoms with E-state index in [2.05, 4.69) is 9.97 Å². The lowest BCUT2D eigenvalue weighted by atomic mass is 10.1. The quantitative estimate of drug-likeness (QED) is 0.432. The molecule has 160 valence electrons. The number of hydrogen-bond acceptors (Lipinski definition) is 5. The summed E-state index contributed by atoms with van der Waals surface area (Å²) in [5.74, 6) is -0.441. The van der Waals surface area contributed by atoms with Gasteiger partial charge in [-0.2, -0.15) is 0 Å². The van der Waals surface area contributed by atoms with E-state index >= 15 is 0 Å². The maximum Gasteiger partial charge on any atom is 0.212 e. The molecule has 0 saturated carbocycles. The van der Waals surface area contributed by atoms with Crippen LogP contribution in [0.25, 0.3) is 27.9 Å². The molecule has 2 N–H and O–H groups in total. The van der Waals surface area contributed by atoms with Crippen LogP contribution < -0.4 is 5.73 Å². The smallest absolute Gasteiger partial charge is 0.212 e. The minimum Gasteiger partial charge on any atom is -0.384 e. The lowest BCUT2D eigenvalue weighted by molar-refractivity contribution is 0.597. The molecule has 0 fully saturated rings. The van der Waals surface area contributed by atoms with E-state index in [1.165, 1.54) is 28.8 Å². The Morgan fingerprint density at radius 1 is 0.875 bits per heavy atom. The third-order valence-electron chi connectivity index (χ3n) is 5.59. The monoisotopic (exact) mass is 446 g/mol. The molecule has 0 aliphatic carbocycles. The van der Waals surface area contributed by atoms with Crippen LogP contribution in [0.1, 0.15) is 11.1 Å². The number of benzene rings is 3. The summed E-state index contributed by atoms with van der Waals surface area (Å²) in [6.45, 7) is 3.77. The molecule has 0 amide bonds. The number of para-hydroxylation sites is 2. The maximum atomic E-state index is 13.7. The predicted octanol–water partition coefficient (Wildman–Crippen LogP) is 4.74. The molecule has 0 radical (unpaired) electrons. The van der Waals surface area contributed by atoms with Crippen LogP contribution in [0.2, 0.25) is 0 Å². The molecule has 3 aromatic carbocycles. The minimum absolute atomic E-state index is 0.0276. The highest BCUT2D eigenvalue weighted by Gasteiger charge is 2.31. The predicted molar refractivity (Wildman–Crippen MR) is 122 cm³/mol. The van der Waals surface area contributed by atoms with E-state index in [9.17, 15) is 12.8 Å². The highest BCUT2D eigenvalue weighted by Crippen LogP contribution is 2.37. The van der Waals surface area contributed by atoms with Crippen LogP contribution in [0.3, 0.4) is 0 Å². The standard InChI is InChI=1S/C24H19FN4O2S/c1-14-7-12-18(13-15(14)2)32(30,31)22-21-24(28-20-6-4-3-5-19(20)27-21)29(23(22)26)17-10-8-16(25)9-11-17/h3-13H,26H2,1-2H3. The molecule has 2 aromatic heterocycles. The zero-order valence-electron chi connectivity index (χ0n) is 17.4. The van der Waals surface area contributed by atoms with E-state index in [0.29, 0.717) is 16.7 Å². The van der Waals surface area contributed by atoms with Crippen molar-refractivity contribution in [3.05, 3.63) is 83.7 Å². The number of aromatic nitrogens is 3. The molecular weight excluding hydrogens is 427 g/mol. The molecule has 0 aliphatic heterocycles. The molecule has 0 unspecified atom stereocenters. The second kappa shape index (κ2) is 7.13. The molecule has 2 heterocycles. The Morgan fingerprint density at radius 2 is 1.53 bits per heavy atom. The highest BCUT2D eigenvalue weighted by atomic mass is 32.2. The number of hydrogen-bond donors (Lipinski definition) is 1. The summed E-state index contributed by atoms with van der Waals surface area (Å²) in [5.41, 5.74) is 10.4. The van der Waals surface area contributed by atoms with E-state index in [-0.39, 0.29) is 26.8 Å². The third-order valence-corrected chi connectivity index (χ3v) is 7.41. The number of fused-ring (bicyclic) bond motifs is 2. The summed E-state index contributed by atoms with van der Waals surface area (Å²) in [6.07, 6.45) is 0. The Bertz CT molecular complexity index is 1620. The van der Waals surface area contributed by atoms with Gasteiger partial charge in [0.1, 0.15) is 22.0 Å². The maximum absolute atomic E-state index is 13.7. The summed E-state index contributed by atoms with van der Waals surface area (Å²) in [4.78, 5) is 9.29. The van der Waals surface area contributed by atoms with Crippen LogP contribution in [0.15, 0.2) is 76.5 Å². The Hall–Kier alpha value is -3.78. The van der Waals surface area contributed by atoms with Crippen molar-refractivity contribution in [2.75, 3.05) is 5.73 Å². The Morgan fingerprint density at radius 3 is 2.19 bits per heavy atom. The van der Waals surface area contributed by atoms with Gasteiger partial charge in [-0.1, -0.05) is 18.2 Å². The van der Waals surface area contributed by atoms with E-state index in [4.69, 9.17) is 5.73 Å². The molecule has 0 atom stereocenters. The molecule has 32 heavy (non-hydrogen) atoms. The van der Waals surface area contributed by atoms with Crippen LogP contribution in [0, 0.1) is 19.7 Å². The Kier molecular flexibility index (Phi) is 4.49. The molecule has 0 spiro atoms. The normalized spacial score (nSPS) is 12.0. The van der Waals surface area contributed by atoms with Gasteiger partial charge in [-0.3, -0.25) is 4.57 Å². The van der Waals surface area contributed by atoms with Crippen LogP contribution >= 0.6 is 0 Å². The number of anilines is 1. The number of nitrogens with zero attached hydrogens (tertiary/aromatic N) is 3. The molecule has 0 saturated heterocycles. The van der Waals surface area contributed by atoms with Crippen LogP contribution in [-0.4, -0.2) is 23.0 Å². The summed E-state index contributed by atoms with van der Waals surface area (Å²) >= 11 is 0. The molecular formula is C24H19FN4O2S. The van der Waals surface area contributed by atoms with Crippen molar-refractivity contribution in [1.29, 1.82) is 0 Å². The summed E-state index contributed by atoms with van der Waals surface area (Å²) in [7, 11) is -4.02. The Balaban J connectivity index is 1.90. The topological polar surface area (TPSA) is 90.9 Å². The van der Waals surface area contributed by atoms with Crippen molar-refractivity contribution in [3.8, 4) is 5.69 Å². The van der Waals surface area contributed by atoms with E-state index < -0.39 is 15.7 Å². The van der Waals surface area contributed by atoms with Gasteiger partial charge in [0.15, 0.2) is 5.65 Å². The van der Waals surface area contributed by atoms with E-state index in [0.717, 1.165) is 11.1 Å². The molecule has 0 bridgehead atoms. The van der Waals surface area contributed by atoms with E-state index in [1.54, 1.807) is 36.4 Å². The van der Waals surface area contributed by atoms with Gasteiger partial charge in [0.2, 0.25) is 9.84 Å². The minimum atomic E-state index is -4.02. The fourth-order valence-corrected chi connectivity index (χ4v) is 5.32. The number of aryl methyl sites for hydroxylation is 2. The first-order valence-electron chi connectivity index (χ1n) is 9.92. The zero-order valence-corrected chi connectivity index (χ0v) is 18.2. The van der Waals surface area contributed by atoms with Gasteiger partial charge in [-0.25, -0.2) is 22.8 Å². The van der Waals surface area contributed by atoms with Crippen molar-refractivity contribution in [3.63, 3.8) is 0 Å². The summed E-state index contributed by atoms with van der Waals surface area (Å²) in [5, 5.41) is 0. The van der Waals surface area contributed by atoms with Gasteiger partial charge in [-0.05, 0) is 73.5 Å². The largest absolute Gasteiger partial charge is 0.384 e. The molecule has 6 nitrogen and oxygen atoms in total. The second-order valence-corrected chi connectivity index (χ2v) is 9.55. The van der Waals surface area contributed by atoms with Crippen molar-refractivity contribution >= 4 is 37.9 Å². The lowest BCUT2D eigenvalue weighted by Gasteiger charge is -2.09. The van der Waals surface area contributed by atoms with Crippen LogP contribution in [0.5, 0.6) is 0 Å². The van der Waals surface area contributed by atoms with Gasteiger partial charge in [0.05, 0.1) is 15.9 Å². The van der Waals surface area contributed by atoms with Crippen molar-refractivity contribution in [2.45, 2.75) is 23.6 Å². The fourth-order valence-electron chi connectivity index (χ4n) is 3.75. The van der Waals surface area contributed by atoms with Crippen molar-refractivity contribution in [1.82, 2.24) is 14.5 Å². The van der Waals surface area contributed by atoms with E-state index in [1.807, 2.05) is 19.9 Å². The number of halogens is 1. The molecule has 0 aliphatic rings. The first-order chi connectivity index (χ1) is 15.3. The lowest BCUT2D eigenvalue weighted by Crippen LogP contribution is -2.08. The van der Waals surface area contributed by atoms with Crippen LogP contribution in [-0.2, 0) is 9.84 Å².